The normalized spacial score (nSPS) is 15.3. The van der Waals surface area contributed by atoms with Crippen LogP contribution in [-0.4, -0.2) is 39.4 Å². The monoisotopic (exact) mass is 500 g/mol. The summed E-state index contributed by atoms with van der Waals surface area (Å²) in [5.41, 5.74) is 0.949. The molecule has 8 nitrogen and oxygen atoms in total. The summed E-state index contributed by atoms with van der Waals surface area (Å²) in [7, 11) is 0. The van der Waals surface area contributed by atoms with Gasteiger partial charge in [0.15, 0.2) is 11.5 Å². The van der Waals surface area contributed by atoms with Crippen LogP contribution in [-0.2, 0) is 5.54 Å². The van der Waals surface area contributed by atoms with E-state index in [1.54, 1.807) is 6.07 Å². The van der Waals surface area contributed by atoms with Gasteiger partial charge in [0.2, 0.25) is 12.3 Å². The molecule has 2 fully saturated rings. The van der Waals surface area contributed by atoms with E-state index in [4.69, 9.17) is 14.4 Å². The number of hydrogen-bond donors (Lipinski definition) is 2. The lowest BCUT2D eigenvalue weighted by Crippen LogP contribution is -2.38. The van der Waals surface area contributed by atoms with Gasteiger partial charge < -0.3 is 19.7 Å². The molecule has 0 atom stereocenters. The summed E-state index contributed by atoms with van der Waals surface area (Å²) in [6, 6.07) is 3.43. The topological polar surface area (TPSA) is 110 Å². The molecule has 2 aromatic rings. The van der Waals surface area contributed by atoms with Crippen molar-refractivity contribution in [1.29, 1.82) is 0 Å². The second kappa shape index (κ2) is 14.3. The Morgan fingerprint density at radius 1 is 1.08 bits per heavy atom. The van der Waals surface area contributed by atoms with Crippen molar-refractivity contribution >= 4 is 5.97 Å². The molecular weight excluding hydrogens is 456 g/mol. The smallest absolute Gasteiger partial charge is 0.354 e. The second-order valence-corrected chi connectivity index (χ2v) is 10.7. The van der Waals surface area contributed by atoms with Crippen LogP contribution in [0.15, 0.2) is 23.0 Å². The lowest BCUT2D eigenvalue weighted by atomic mass is 10.0. The maximum atomic E-state index is 10.9. The third-order valence-electron chi connectivity index (χ3n) is 6.80. The van der Waals surface area contributed by atoms with E-state index < -0.39 is 5.97 Å². The summed E-state index contributed by atoms with van der Waals surface area (Å²) in [5, 5.41) is 16.3. The average molecular weight is 501 g/mol. The Bertz CT molecular complexity index is 908. The van der Waals surface area contributed by atoms with E-state index in [0.717, 1.165) is 30.8 Å². The predicted octanol–water partition coefficient (Wildman–Crippen LogP) is 6.48. The number of nitrogens with one attached hydrogen (secondary N) is 1. The molecule has 2 N–H and O–H groups in total. The Morgan fingerprint density at radius 3 is 2.36 bits per heavy atom. The van der Waals surface area contributed by atoms with Gasteiger partial charge in [-0.2, -0.15) is 4.98 Å². The molecule has 2 aliphatic rings. The Kier molecular flexibility index (Phi) is 11.2. The van der Waals surface area contributed by atoms with Gasteiger partial charge in [0.05, 0.1) is 12.1 Å². The average Bonchev–Trinajstić information content (AvgIpc) is 3.80. The number of unbranched alkanes of at least 4 members (excludes halogenated alkanes) is 7. The van der Waals surface area contributed by atoms with Crippen LogP contribution in [0.4, 0.5) is 0 Å². The van der Waals surface area contributed by atoms with Crippen molar-refractivity contribution in [2.75, 3.05) is 13.2 Å². The zero-order chi connectivity index (χ0) is 25.8. The van der Waals surface area contributed by atoms with Crippen LogP contribution in [0.5, 0.6) is 5.88 Å². The van der Waals surface area contributed by atoms with Crippen molar-refractivity contribution in [3.63, 3.8) is 0 Å². The van der Waals surface area contributed by atoms with Crippen LogP contribution in [0, 0.1) is 5.92 Å². The highest BCUT2D eigenvalue weighted by molar-refractivity contribution is 5.85. The van der Waals surface area contributed by atoms with Crippen LogP contribution in [0.3, 0.4) is 0 Å². The fourth-order valence-corrected chi connectivity index (χ4v) is 4.06. The third kappa shape index (κ3) is 9.88. The van der Waals surface area contributed by atoms with Crippen LogP contribution in [0.2, 0.25) is 0 Å². The highest BCUT2D eigenvalue weighted by Crippen LogP contribution is 2.44. The summed E-state index contributed by atoms with van der Waals surface area (Å²) in [6.45, 7) is 8.12. The largest absolute Gasteiger partial charge is 0.477 e. The van der Waals surface area contributed by atoms with Crippen LogP contribution in [0.25, 0.3) is 0 Å². The number of carboxylic acids is 1. The molecule has 8 heteroatoms. The summed E-state index contributed by atoms with van der Waals surface area (Å²) in [6.07, 6.45) is 16.9. The van der Waals surface area contributed by atoms with Crippen molar-refractivity contribution in [3.05, 3.63) is 35.6 Å². The molecule has 0 bridgehead atoms. The molecule has 36 heavy (non-hydrogen) atoms. The van der Waals surface area contributed by atoms with Crippen molar-refractivity contribution in [3.8, 4) is 5.88 Å². The quantitative estimate of drug-likeness (QED) is 0.252. The van der Waals surface area contributed by atoms with Gasteiger partial charge in [-0.1, -0.05) is 63.1 Å². The van der Waals surface area contributed by atoms with Gasteiger partial charge >= 0.3 is 5.97 Å². The van der Waals surface area contributed by atoms with E-state index in [0.29, 0.717) is 24.3 Å². The Morgan fingerprint density at radius 2 is 1.78 bits per heavy atom. The lowest BCUT2D eigenvalue weighted by Gasteiger charge is -2.22. The van der Waals surface area contributed by atoms with Crippen molar-refractivity contribution in [2.24, 2.45) is 5.92 Å². The summed E-state index contributed by atoms with van der Waals surface area (Å²) < 4.78 is 10.5. The molecule has 0 unspecified atom stereocenters. The number of pyridine rings is 1. The third-order valence-corrected chi connectivity index (χ3v) is 6.80. The Balaban J connectivity index is 0.000000201. The zero-order valence-electron chi connectivity index (χ0n) is 22.3. The summed E-state index contributed by atoms with van der Waals surface area (Å²) >= 11 is 0. The number of ether oxygens (including phenoxy) is 1. The van der Waals surface area contributed by atoms with Gasteiger partial charge in [0.25, 0.3) is 0 Å². The first-order valence-electron chi connectivity index (χ1n) is 13.8. The Labute approximate surface area is 215 Å². The molecular formula is C28H44N4O4. The van der Waals surface area contributed by atoms with E-state index in [-0.39, 0.29) is 11.2 Å². The molecule has 0 saturated heterocycles. The molecule has 200 valence electrons. The highest BCUT2D eigenvalue weighted by atomic mass is 16.5. The van der Waals surface area contributed by atoms with E-state index in [2.05, 4.69) is 41.2 Å². The molecule has 2 aliphatic carbocycles. The SMILES string of the molecule is CCCCCCCCCCNC(C)(C)c1ncon1.O=C(O)c1ccc(C2CC2)c(OCC2CC2)n1. The Hall–Kier alpha value is -2.48. The first-order chi connectivity index (χ1) is 17.4. The van der Waals surface area contributed by atoms with Crippen LogP contribution >= 0.6 is 0 Å². The minimum Gasteiger partial charge on any atom is -0.477 e. The van der Waals surface area contributed by atoms with Gasteiger partial charge in [-0.25, -0.2) is 9.78 Å². The van der Waals surface area contributed by atoms with E-state index in [1.165, 1.54) is 70.6 Å². The number of carboxylic acid groups (broad SMARTS) is 1. The molecule has 2 saturated carbocycles. The van der Waals surface area contributed by atoms with Gasteiger partial charge in [0.1, 0.15) is 0 Å². The standard InChI is InChI=1S/C15H29N3O.C13H15NO3/c1-4-5-6-7-8-9-10-11-12-17-15(2,3)14-16-13-19-18-14;15-13(16)11-6-5-10(9-3-4-9)12(14-11)17-7-8-1-2-8/h13,17H,4-12H2,1-3H3;5-6,8-9H,1-4,7H2,(H,15,16). The number of hydrogen-bond acceptors (Lipinski definition) is 7. The molecule has 0 radical (unpaired) electrons. The number of carbonyl (C=O) groups is 1. The number of nitrogens with zero attached hydrogens (tertiary/aromatic N) is 3. The van der Waals surface area contributed by atoms with Crippen molar-refractivity contribution in [1.82, 2.24) is 20.4 Å². The summed E-state index contributed by atoms with van der Waals surface area (Å²) in [5.74, 6) is 1.45. The van der Waals surface area contributed by atoms with Gasteiger partial charge in [-0.3, -0.25) is 0 Å². The molecule has 4 rings (SSSR count). The van der Waals surface area contributed by atoms with Gasteiger partial charge in [-0.15, -0.1) is 0 Å². The zero-order valence-corrected chi connectivity index (χ0v) is 22.3. The van der Waals surface area contributed by atoms with E-state index >= 15 is 0 Å². The van der Waals surface area contributed by atoms with Crippen LogP contribution in [0.1, 0.15) is 126 Å². The maximum absolute atomic E-state index is 10.9. The molecule has 0 aliphatic heterocycles. The fourth-order valence-electron chi connectivity index (χ4n) is 4.06. The maximum Gasteiger partial charge on any atom is 0.354 e. The van der Waals surface area contributed by atoms with Crippen LogP contribution < -0.4 is 10.1 Å². The molecule has 0 amide bonds. The number of rotatable bonds is 16. The van der Waals surface area contributed by atoms with E-state index in [1.807, 2.05) is 6.07 Å². The number of aromatic nitrogens is 3. The molecule has 0 aromatic carbocycles. The molecule has 2 heterocycles. The fraction of sp³-hybridized carbons (Fsp3) is 0.714. The minimum absolute atomic E-state index is 0.0696. The summed E-state index contributed by atoms with van der Waals surface area (Å²) in [4.78, 5) is 19.1. The van der Waals surface area contributed by atoms with E-state index in [9.17, 15) is 4.79 Å². The highest BCUT2D eigenvalue weighted by Gasteiger charge is 2.30. The predicted molar refractivity (Wildman–Crippen MR) is 139 cm³/mol. The first-order valence-corrected chi connectivity index (χ1v) is 13.8. The van der Waals surface area contributed by atoms with Gasteiger partial charge in [0, 0.05) is 5.56 Å². The second-order valence-electron chi connectivity index (χ2n) is 10.7. The van der Waals surface area contributed by atoms with Crippen molar-refractivity contribution < 1.29 is 19.2 Å². The molecule has 0 spiro atoms. The minimum atomic E-state index is -0.997. The first kappa shape index (κ1) is 28.1. The van der Waals surface area contributed by atoms with Gasteiger partial charge in [-0.05, 0) is 70.4 Å². The van der Waals surface area contributed by atoms with Crippen molar-refractivity contribution in [2.45, 2.75) is 109 Å². The number of aromatic carboxylic acids is 1. The lowest BCUT2D eigenvalue weighted by molar-refractivity contribution is 0.0689. The molecule has 2 aromatic heterocycles.